The third kappa shape index (κ3) is 4.65. The minimum absolute atomic E-state index is 0.100. The summed E-state index contributed by atoms with van der Waals surface area (Å²) in [5.41, 5.74) is -1.47. The van der Waals surface area contributed by atoms with Crippen LogP contribution in [0.3, 0.4) is 0 Å². The van der Waals surface area contributed by atoms with Crippen LogP contribution in [0.2, 0.25) is 5.02 Å². The van der Waals surface area contributed by atoms with Crippen molar-refractivity contribution in [2.45, 2.75) is 17.8 Å². The van der Waals surface area contributed by atoms with E-state index < -0.39 is 28.6 Å². The molecule has 1 saturated heterocycles. The first-order chi connectivity index (χ1) is 13.1. The van der Waals surface area contributed by atoms with Crippen LogP contribution in [0.5, 0.6) is 0 Å². The van der Waals surface area contributed by atoms with E-state index in [-0.39, 0.29) is 17.4 Å². The van der Waals surface area contributed by atoms with E-state index in [2.05, 4.69) is 15.3 Å². The van der Waals surface area contributed by atoms with Gasteiger partial charge in [0, 0.05) is 30.1 Å². The maximum absolute atomic E-state index is 13.1. The van der Waals surface area contributed by atoms with Crippen molar-refractivity contribution < 1.29 is 22.8 Å². The predicted octanol–water partition coefficient (Wildman–Crippen LogP) is 4.41. The zero-order valence-electron chi connectivity index (χ0n) is 14.2. The quantitative estimate of drug-likeness (QED) is 0.752. The average Bonchev–Trinajstić information content (AvgIpc) is 3.20. The standard InChI is InChI=1S/C16H12ClF3N4O2S2/c1-24-13(26)11(28-15(24)23-14-21-4-5-27-14)7-12(25)22-10-3-2-8(17)6-9(10)16(18,19)20/h2-6,11H,7H2,1H3,(H,22,25). The number of anilines is 1. The van der Waals surface area contributed by atoms with Crippen molar-refractivity contribution in [3.8, 4) is 0 Å². The van der Waals surface area contributed by atoms with Crippen LogP contribution in [0.15, 0.2) is 34.8 Å². The van der Waals surface area contributed by atoms with Crippen LogP contribution in [-0.2, 0) is 15.8 Å². The first-order valence-electron chi connectivity index (χ1n) is 7.74. The molecule has 1 aromatic heterocycles. The maximum Gasteiger partial charge on any atom is 0.418 e. The smallest absolute Gasteiger partial charge is 0.325 e. The Morgan fingerprint density at radius 3 is 2.82 bits per heavy atom. The van der Waals surface area contributed by atoms with E-state index >= 15 is 0 Å². The zero-order chi connectivity index (χ0) is 20.5. The first kappa shape index (κ1) is 20.6. The van der Waals surface area contributed by atoms with Crippen molar-refractivity contribution in [3.05, 3.63) is 40.4 Å². The van der Waals surface area contributed by atoms with Gasteiger partial charge < -0.3 is 5.32 Å². The van der Waals surface area contributed by atoms with Crippen molar-refractivity contribution in [2.24, 2.45) is 4.99 Å². The van der Waals surface area contributed by atoms with Crippen molar-refractivity contribution in [1.82, 2.24) is 9.88 Å². The minimum Gasteiger partial charge on any atom is -0.325 e. The molecule has 0 aliphatic carbocycles. The number of hydrogen-bond donors (Lipinski definition) is 1. The Labute approximate surface area is 170 Å². The van der Waals surface area contributed by atoms with Crippen LogP contribution in [0.1, 0.15) is 12.0 Å². The topological polar surface area (TPSA) is 74.7 Å². The molecule has 2 amide bonds. The number of amidine groups is 1. The van der Waals surface area contributed by atoms with E-state index in [1.807, 2.05) is 0 Å². The molecule has 12 heteroatoms. The molecular formula is C16H12ClF3N4O2S2. The molecule has 1 aliphatic rings. The zero-order valence-corrected chi connectivity index (χ0v) is 16.5. The van der Waals surface area contributed by atoms with Crippen molar-refractivity contribution in [2.75, 3.05) is 12.4 Å². The third-order valence-corrected chi connectivity index (χ3v) is 5.81. The highest BCUT2D eigenvalue weighted by molar-refractivity contribution is 8.15. The number of alkyl halides is 3. The number of thiazole rings is 1. The predicted molar refractivity (Wildman–Crippen MR) is 103 cm³/mol. The number of aliphatic imine (C=N–C) groups is 1. The molecule has 28 heavy (non-hydrogen) atoms. The van der Waals surface area contributed by atoms with E-state index in [4.69, 9.17) is 11.6 Å². The van der Waals surface area contributed by atoms with Crippen molar-refractivity contribution >= 4 is 62.5 Å². The minimum atomic E-state index is -4.68. The lowest BCUT2D eigenvalue weighted by Crippen LogP contribution is -2.30. The van der Waals surface area contributed by atoms with Gasteiger partial charge in [-0.3, -0.25) is 14.5 Å². The Hall–Kier alpha value is -2.11. The number of nitrogens with one attached hydrogen (secondary N) is 1. The van der Waals surface area contributed by atoms with Crippen LogP contribution < -0.4 is 5.32 Å². The van der Waals surface area contributed by atoms with Gasteiger partial charge in [0.15, 0.2) is 5.17 Å². The molecule has 3 rings (SSSR count). The summed E-state index contributed by atoms with van der Waals surface area (Å²) in [5.74, 6) is -1.08. The molecular weight excluding hydrogens is 437 g/mol. The number of halogens is 4. The summed E-state index contributed by atoms with van der Waals surface area (Å²) in [5, 5.41) is 3.90. The van der Waals surface area contributed by atoms with Gasteiger partial charge in [-0.15, -0.1) is 11.3 Å². The van der Waals surface area contributed by atoms with E-state index in [0.717, 1.165) is 23.9 Å². The van der Waals surface area contributed by atoms with Gasteiger partial charge in [0.1, 0.15) is 5.25 Å². The number of aromatic nitrogens is 1. The molecule has 0 radical (unpaired) electrons. The number of benzene rings is 1. The Morgan fingerprint density at radius 1 is 1.43 bits per heavy atom. The van der Waals surface area contributed by atoms with Gasteiger partial charge in [-0.2, -0.15) is 18.2 Å². The van der Waals surface area contributed by atoms with Crippen LogP contribution >= 0.6 is 34.7 Å². The number of rotatable bonds is 4. The van der Waals surface area contributed by atoms with Gasteiger partial charge in [0.25, 0.3) is 0 Å². The maximum atomic E-state index is 13.1. The molecule has 1 fully saturated rings. The van der Waals surface area contributed by atoms with Crippen LogP contribution in [0, 0.1) is 0 Å². The highest BCUT2D eigenvalue weighted by Gasteiger charge is 2.38. The lowest BCUT2D eigenvalue weighted by atomic mass is 10.1. The van der Waals surface area contributed by atoms with Gasteiger partial charge in [-0.05, 0) is 18.2 Å². The average molecular weight is 449 g/mol. The lowest BCUT2D eigenvalue weighted by molar-refractivity contribution is -0.137. The van der Waals surface area contributed by atoms with Gasteiger partial charge in [0.05, 0.1) is 11.3 Å². The summed E-state index contributed by atoms with van der Waals surface area (Å²) in [6.07, 6.45) is -3.41. The number of carbonyl (C=O) groups excluding carboxylic acids is 2. The van der Waals surface area contributed by atoms with Crippen LogP contribution in [0.25, 0.3) is 0 Å². The molecule has 0 saturated carbocycles. The fraction of sp³-hybridized carbons (Fsp3) is 0.250. The van der Waals surface area contributed by atoms with E-state index in [0.29, 0.717) is 10.3 Å². The molecule has 6 nitrogen and oxygen atoms in total. The fourth-order valence-electron chi connectivity index (χ4n) is 2.38. The molecule has 1 N–H and O–H groups in total. The highest BCUT2D eigenvalue weighted by atomic mass is 35.5. The molecule has 1 aliphatic heterocycles. The number of nitrogens with zero attached hydrogens (tertiary/aromatic N) is 3. The highest BCUT2D eigenvalue weighted by Crippen LogP contribution is 2.37. The fourth-order valence-corrected chi connectivity index (χ4v) is 4.25. The molecule has 1 unspecified atom stereocenters. The Bertz CT molecular complexity index is 934. The van der Waals surface area contributed by atoms with E-state index in [1.165, 1.54) is 29.4 Å². The summed E-state index contributed by atoms with van der Waals surface area (Å²) in [6, 6.07) is 3.06. The third-order valence-electron chi connectivity index (χ3n) is 3.68. The second-order valence-electron chi connectivity index (χ2n) is 5.65. The molecule has 2 aromatic rings. The molecule has 0 bridgehead atoms. The summed E-state index contributed by atoms with van der Waals surface area (Å²) >= 11 is 7.98. The monoisotopic (exact) mass is 448 g/mol. The summed E-state index contributed by atoms with van der Waals surface area (Å²) in [7, 11) is 1.51. The summed E-state index contributed by atoms with van der Waals surface area (Å²) in [4.78, 5) is 34.1. The number of thioether (sulfide) groups is 1. The van der Waals surface area contributed by atoms with Crippen LogP contribution in [0.4, 0.5) is 24.0 Å². The molecule has 0 spiro atoms. The second-order valence-corrected chi connectivity index (χ2v) is 8.13. The van der Waals surface area contributed by atoms with Crippen molar-refractivity contribution in [1.29, 1.82) is 0 Å². The van der Waals surface area contributed by atoms with Crippen LogP contribution in [-0.4, -0.2) is 39.2 Å². The Kier molecular flexibility index (Phi) is 5.96. The van der Waals surface area contributed by atoms with Gasteiger partial charge in [-0.1, -0.05) is 23.4 Å². The normalized spacial score (nSPS) is 18.8. The van der Waals surface area contributed by atoms with Crippen molar-refractivity contribution in [3.63, 3.8) is 0 Å². The largest absolute Gasteiger partial charge is 0.418 e. The van der Waals surface area contributed by atoms with Gasteiger partial charge >= 0.3 is 6.18 Å². The lowest BCUT2D eigenvalue weighted by Gasteiger charge is -2.15. The Balaban J connectivity index is 1.71. The van der Waals surface area contributed by atoms with Gasteiger partial charge in [0.2, 0.25) is 16.9 Å². The molecule has 1 aromatic carbocycles. The molecule has 1 atom stereocenters. The molecule has 2 heterocycles. The summed E-state index contributed by atoms with van der Waals surface area (Å²) in [6.45, 7) is 0. The number of carbonyl (C=O) groups is 2. The SMILES string of the molecule is CN1C(=O)C(CC(=O)Nc2ccc(Cl)cc2C(F)(F)F)SC1=Nc1nccs1. The summed E-state index contributed by atoms with van der Waals surface area (Å²) < 4.78 is 39.4. The van der Waals surface area contributed by atoms with Gasteiger partial charge in [-0.25, -0.2) is 4.98 Å². The van der Waals surface area contributed by atoms with E-state index in [1.54, 1.807) is 11.6 Å². The second kappa shape index (κ2) is 8.10. The Morgan fingerprint density at radius 2 is 2.18 bits per heavy atom. The number of hydrogen-bond acceptors (Lipinski definition) is 6. The first-order valence-corrected chi connectivity index (χ1v) is 9.88. The molecule has 148 valence electrons. The number of amides is 2. The van der Waals surface area contributed by atoms with E-state index in [9.17, 15) is 22.8 Å².